The van der Waals surface area contributed by atoms with Crippen LogP contribution in [0.2, 0.25) is 0 Å². The van der Waals surface area contributed by atoms with Gasteiger partial charge in [0.2, 0.25) is 0 Å². The zero-order chi connectivity index (χ0) is 16.9. The first-order valence-electron chi connectivity index (χ1n) is 9.12. The highest BCUT2D eigenvalue weighted by Crippen LogP contribution is 2.27. The number of carbonyl (C=O) groups excluding carboxylic acids is 2. The van der Waals surface area contributed by atoms with Gasteiger partial charge in [-0.15, -0.1) is 0 Å². The van der Waals surface area contributed by atoms with E-state index in [1.807, 2.05) is 13.8 Å². The number of esters is 2. The molecule has 0 radical (unpaired) electrons. The standard InChI is InChI=1S/C18H32O5/c1-3-21-17(19)11-7-5-9-15-13-14-16(23-15)10-6-8-12-18(20)22-4-2/h15-16H,3-14H2,1-2H3. The van der Waals surface area contributed by atoms with E-state index in [4.69, 9.17) is 14.2 Å². The summed E-state index contributed by atoms with van der Waals surface area (Å²) in [7, 11) is 0. The van der Waals surface area contributed by atoms with Crippen LogP contribution in [0.1, 0.15) is 78.1 Å². The highest BCUT2D eigenvalue weighted by Gasteiger charge is 2.24. The van der Waals surface area contributed by atoms with Crippen molar-refractivity contribution < 1.29 is 23.8 Å². The van der Waals surface area contributed by atoms with E-state index in [0.717, 1.165) is 51.4 Å². The molecule has 1 aliphatic rings. The summed E-state index contributed by atoms with van der Waals surface area (Å²) in [6.45, 7) is 4.58. The Labute approximate surface area is 140 Å². The normalized spacial score (nSPS) is 20.4. The summed E-state index contributed by atoms with van der Waals surface area (Å²) in [5, 5.41) is 0. The van der Waals surface area contributed by atoms with Crippen LogP contribution in [0.25, 0.3) is 0 Å². The third kappa shape index (κ3) is 9.59. The smallest absolute Gasteiger partial charge is 0.305 e. The first-order valence-corrected chi connectivity index (χ1v) is 9.12. The van der Waals surface area contributed by atoms with Crippen LogP contribution in [0.5, 0.6) is 0 Å². The molecular formula is C18H32O5. The SMILES string of the molecule is CCOC(=O)CCCCC1CCC(CCCCC(=O)OCC)O1. The summed E-state index contributed by atoms with van der Waals surface area (Å²) in [5.41, 5.74) is 0. The van der Waals surface area contributed by atoms with Gasteiger partial charge in [-0.1, -0.05) is 12.8 Å². The molecule has 0 bridgehead atoms. The summed E-state index contributed by atoms with van der Waals surface area (Å²) in [4.78, 5) is 22.5. The van der Waals surface area contributed by atoms with Gasteiger partial charge in [-0.3, -0.25) is 9.59 Å². The van der Waals surface area contributed by atoms with Gasteiger partial charge < -0.3 is 14.2 Å². The van der Waals surface area contributed by atoms with Crippen LogP contribution in [0.3, 0.4) is 0 Å². The van der Waals surface area contributed by atoms with Crippen molar-refractivity contribution in [1.82, 2.24) is 0 Å². The van der Waals surface area contributed by atoms with E-state index in [0.29, 0.717) is 38.3 Å². The topological polar surface area (TPSA) is 61.8 Å². The monoisotopic (exact) mass is 328 g/mol. The molecule has 134 valence electrons. The maximum absolute atomic E-state index is 11.2. The molecule has 1 aliphatic heterocycles. The van der Waals surface area contributed by atoms with Crippen LogP contribution < -0.4 is 0 Å². The minimum absolute atomic E-state index is 0.0979. The number of hydrogen-bond donors (Lipinski definition) is 0. The Morgan fingerprint density at radius 3 is 1.65 bits per heavy atom. The first kappa shape index (κ1) is 19.9. The Bertz CT molecular complexity index is 310. The molecule has 0 aromatic rings. The zero-order valence-electron chi connectivity index (χ0n) is 14.7. The molecule has 0 N–H and O–H groups in total. The van der Waals surface area contributed by atoms with Crippen LogP contribution in [-0.4, -0.2) is 37.4 Å². The van der Waals surface area contributed by atoms with E-state index in [9.17, 15) is 9.59 Å². The van der Waals surface area contributed by atoms with Gasteiger partial charge in [0.1, 0.15) is 0 Å². The number of ether oxygens (including phenoxy) is 3. The lowest BCUT2D eigenvalue weighted by molar-refractivity contribution is -0.144. The molecule has 0 aromatic carbocycles. The molecule has 1 fully saturated rings. The predicted molar refractivity (Wildman–Crippen MR) is 88.1 cm³/mol. The Morgan fingerprint density at radius 1 is 0.826 bits per heavy atom. The molecule has 5 heteroatoms. The summed E-state index contributed by atoms with van der Waals surface area (Å²) in [5.74, 6) is -0.196. The van der Waals surface area contributed by atoms with E-state index in [2.05, 4.69) is 0 Å². The van der Waals surface area contributed by atoms with Gasteiger partial charge in [-0.25, -0.2) is 0 Å². The predicted octanol–water partition coefficient (Wildman–Crippen LogP) is 3.78. The minimum atomic E-state index is -0.0979. The number of carbonyl (C=O) groups is 2. The van der Waals surface area contributed by atoms with Crippen molar-refractivity contribution in [2.75, 3.05) is 13.2 Å². The Hall–Kier alpha value is -1.10. The summed E-state index contributed by atoms with van der Waals surface area (Å²) in [6, 6.07) is 0. The van der Waals surface area contributed by atoms with Gasteiger partial charge in [0.15, 0.2) is 0 Å². The maximum Gasteiger partial charge on any atom is 0.305 e. The minimum Gasteiger partial charge on any atom is -0.466 e. The van der Waals surface area contributed by atoms with Gasteiger partial charge in [-0.2, -0.15) is 0 Å². The Kier molecular flexibility index (Phi) is 10.7. The van der Waals surface area contributed by atoms with Crippen molar-refractivity contribution in [3.63, 3.8) is 0 Å². The van der Waals surface area contributed by atoms with Crippen molar-refractivity contribution in [1.29, 1.82) is 0 Å². The van der Waals surface area contributed by atoms with Gasteiger partial charge in [0.05, 0.1) is 25.4 Å². The molecule has 0 aliphatic carbocycles. The summed E-state index contributed by atoms with van der Waals surface area (Å²) < 4.78 is 15.9. The average molecular weight is 328 g/mol. The highest BCUT2D eigenvalue weighted by atomic mass is 16.5. The van der Waals surface area contributed by atoms with Crippen molar-refractivity contribution in [2.45, 2.75) is 90.3 Å². The molecule has 2 unspecified atom stereocenters. The van der Waals surface area contributed by atoms with Crippen molar-refractivity contribution >= 4 is 11.9 Å². The van der Waals surface area contributed by atoms with Crippen molar-refractivity contribution in [3.8, 4) is 0 Å². The fraction of sp³-hybridized carbons (Fsp3) is 0.889. The van der Waals surface area contributed by atoms with Gasteiger partial charge in [0.25, 0.3) is 0 Å². The fourth-order valence-electron chi connectivity index (χ4n) is 2.95. The highest BCUT2D eigenvalue weighted by molar-refractivity contribution is 5.69. The molecule has 0 amide bonds. The number of hydrogen-bond acceptors (Lipinski definition) is 5. The molecule has 5 nitrogen and oxygen atoms in total. The van der Waals surface area contributed by atoms with Crippen molar-refractivity contribution in [2.24, 2.45) is 0 Å². The lowest BCUT2D eigenvalue weighted by Gasteiger charge is -2.13. The lowest BCUT2D eigenvalue weighted by atomic mass is 10.1. The second-order valence-electron chi connectivity index (χ2n) is 6.06. The molecule has 23 heavy (non-hydrogen) atoms. The van der Waals surface area contributed by atoms with Gasteiger partial charge in [-0.05, 0) is 52.4 Å². The van der Waals surface area contributed by atoms with Gasteiger partial charge in [0, 0.05) is 12.8 Å². The second kappa shape index (κ2) is 12.3. The second-order valence-corrected chi connectivity index (χ2v) is 6.06. The van der Waals surface area contributed by atoms with Crippen LogP contribution in [0.15, 0.2) is 0 Å². The summed E-state index contributed by atoms with van der Waals surface area (Å²) in [6.07, 6.45) is 9.76. The largest absolute Gasteiger partial charge is 0.466 e. The van der Waals surface area contributed by atoms with Gasteiger partial charge >= 0.3 is 11.9 Å². The molecule has 0 spiro atoms. The molecule has 1 heterocycles. The van der Waals surface area contributed by atoms with Crippen LogP contribution in [-0.2, 0) is 23.8 Å². The molecule has 1 rings (SSSR count). The van der Waals surface area contributed by atoms with E-state index >= 15 is 0 Å². The molecule has 1 saturated heterocycles. The quantitative estimate of drug-likeness (QED) is 0.403. The summed E-state index contributed by atoms with van der Waals surface area (Å²) >= 11 is 0. The van der Waals surface area contributed by atoms with E-state index in [-0.39, 0.29) is 11.9 Å². The van der Waals surface area contributed by atoms with E-state index in [1.165, 1.54) is 0 Å². The maximum atomic E-state index is 11.2. The number of unbranched alkanes of at least 4 members (excludes halogenated alkanes) is 2. The zero-order valence-corrected chi connectivity index (χ0v) is 14.7. The number of rotatable bonds is 12. The van der Waals surface area contributed by atoms with Crippen LogP contribution in [0.4, 0.5) is 0 Å². The third-order valence-corrected chi connectivity index (χ3v) is 4.12. The fourth-order valence-corrected chi connectivity index (χ4v) is 2.95. The van der Waals surface area contributed by atoms with E-state index in [1.54, 1.807) is 0 Å². The Morgan fingerprint density at radius 2 is 1.26 bits per heavy atom. The van der Waals surface area contributed by atoms with Crippen LogP contribution >= 0.6 is 0 Å². The lowest BCUT2D eigenvalue weighted by Crippen LogP contribution is -2.11. The van der Waals surface area contributed by atoms with Crippen LogP contribution in [0, 0.1) is 0 Å². The third-order valence-electron chi connectivity index (χ3n) is 4.12. The molecule has 0 aromatic heterocycles. The Balaban J connectivity index is 1.98. The molecule has 0 saturated carbocycles. The average Bonchev–Trinajstić information content (AvgIpc) is 2.97. The first-order chi connectivity index (χ1) is 11.2. The van der Waals surface area contributed by atoms with Crippen molar-refractivity contribution in [3.05, 3.63) is 0 Å². The molecule has 2 atom stereocenters. The van der Waals surface area contributed by atoms with E-state index < -0.39 is 0 Å². The molecular weight excluding hydrogens is 296 g/mol.